The summed E-state index contributed by atoms with van der Waals surface area (Å²) in [5, 5.41) is 28.0. The van der Waals surface area contributed by atoms with Crippen molar-refractivity contribution in [3.05, 3.63) is 65.2 Å². The van der Waals surface area contributed by atoms with Crippen molar-refractivity contribution in [1.82, 2.24) is 10.6 Å². The van der Waals surface area contributed by atoms with Crippen molar-refractivity contribution in [2.45, 2.75) is 31.6 Å². The SMILES string of the molecule is N=C(N)c1cccc(OCCNC(=O)c2ccc(CC3CCNCC3)cc2)c1.O=C(O)C(F)(F)F.O=C(O)C(F)(F)F. The number of amidine groups is 1. The number of hydrogen-bond acceptors (Lipinski definition) is 6. The van der Waals surface area contributed by atoms with Crippen molar-refractivity contribution in [2.24, 2.45) is 11.7 Å². The largest absolute Gasteiger partial charge is 0.492 e. The molecular weight excluding hydrogens is 578 g/mol. The monoisotopic (exact) mass is 608 g/mol. The molecule has 1 aliphatic rings. The van der Waals surface area contributed by atoms with Crippen molar-refractivity contribution >= 4 is 23.7 Å². The topological polar surface area (TPSA) is 175 Å². The molecule has 0 aliphatic carbocycles. The number of carbonyl (C=O) groups is 3. The molecule has 0 saturated carbocycles. The van der Waals surface area contributed by atoms with Crippen LogP contribution in [0.25, 0.3) is 0 Å². The van der Waals surface area contributed by atoms with E-state index in [2.05, 4.69) is 22.8 Å². The zero-order chi connectivity index (χ0) is 31.9. The summed E-state index contributed by atoms with van der Waals surface area (Å²) in [6.07, 6.45) is -6.65. The lowest BCUT2D eigenvalue weighted by Crippen LogP contribution is -2.29. The van der Waals surface area contributed by atoms with Crippen LogP contribution >= 0.6 is 0 Å². The van der Waals surface area contributed by atoms with Gasteiger partial charge in [0.25, 0.3) is 5.91 Å². The highest BCUT2D eigenvalue weighted by Gasteiger charge is 2.38. The molecule has 10 nitrogen and oxygen atoms in total. The number of carboxylic acids is 2. The molecule has 0 aromatic heterocycles. The van der Waals surface area contributed by atoms with Gasteiger partial charge >= 0.3 is 24.3 Å². The minimum atomic E-state index is -5.08. The second kappa shape index (κ2) is 16.8. The zero-order valence-electron chi connectivity index (χ0n) is 22.0. The van der Waals surface area contributed by atoms with Crippen LogP contribution in [0.15, 0.2) is 48.5 Å². The first-order chi connectivity index (χ1) is 19.5. The zero-order valence-corrected chi connectivity index (χ0v) is 22.0. The number of nitrogen functional groups attached to an aromatic ring is 1. The average Bonchev–Trinajstić information content (AvgIpc) is 2.92. The summed E-state index contributed by atoms with van der Waals surface area (Å²) in [6, 6.07) is 15.0. The Morgan fingerprint density at radius 1 is 0.929 bits per heavy atom. The lowest BCUT2D eigenvalue weighted by Gasteiger charge is -2.22. The van der Waals surface area contributed by atoms with E-state index >= 15 is 0 Å². The number of nitrogens with two attached hydrogens (primary N) is 1. The number of carboxylic acid groups (broad SMARTS) is 2. The van der Waals surface area contributed by atoms with E-state index in [9.17, 15) is 31.1 Å². The van der Waals surface area contributed by atoms with E-state index in [1.54, 1.807) is 24.3 Å². The fourth-order valence-corrected chi connectivity index (χ4v) is 3.40. The van der Waals surface area contributed by atoms with Crippen LogP contribution in [0, 0.1) is 11.3 Å². The molecule has 42 heavy (non-hydrogen) atoms. The number of aliphatic carboxylic acids is 2. The van der Waals surface area contributed by atoms with Gasteiger partial charge in [-0.25, -0.2) is 9.59 Å². The van der Waals surface area contributed by atoms with E-state index < -0.39 is 24.3 Å². The van der Waals surface area contributed by atoms with Crippen LogP contribution in [-0.2, 0) is 16.0 Å². The molecule has 3 rings (SSSR count). The van der Waals surface area contributed by atoms with Crippen LogP contribution in [0.4, 0.5) is 26.3 Å². The third kappa shape index (κ3) is 14.3. The Morgan fingerprint density at radius 3 is 1.93 bits per heavy atom. The number of benzene rings is 2. The smallest absolute Gasteiger partial charge is 0.490 e. The molecule has 7 N–H and O–H groups in total. The van der Waals surface area contributed by atoms with E-state index in [1.165, 1.54) is 18.4 Å². The Hall–Kier alpha value is -4.34. The fraction of sp³-hybridized carbons (Fsp3) is 0.385. The van der Waals surface area contributed by atoms with Gasteiger partial charge in [0.2, 0.25) is 0 Å². The maximum atomic E-state index is 12.3. The first kappa shape index (κ1) is 35.7. The molecular formula is C26H30F6N4O6. The average molecular weight is 609 g/mol. The number of rotatable bonds is 8. The molecule has 232 valence electrons. The van der Waals surface area contributed by atoms with Crippen LogP contribution in [-0.4, -0.2) is 72.5 Å². The Bertz CT molecular complexity index is 1160. The van der Waals surface area contributed by atoms with Gasteiger partial charge in [0.15, 0.2) is 0 Å². The predicted octanol–water partition coefficient (Wildman–Crippen LogP) is 3.59. The number of alkyl halides is 6. The van der Waals surface area contributed by atoms with Crippen molar-refractivity contribution in [3.63, 3.8) is 0 Å². The lowest BCUT2D eigenvalue weighted by molar-refractivity contribution is -0.193. The summed E-state index contributed by atoms with van der Waals surface area (Å²) in [4.78, 5) is 30.1. The predicted molar refractivity (Wildman–Crippen MR) is 138 cm³/mol. The van der Waals surface area contributed by atoms with Crippen molar-refractivity contribution in [2.75, 3.05) is 26.2 Å². The van der Waals surface area contributed by atoms with Crippen molar-refractivity contribution in [3.8, 4) is 5.75 Å². The number of piperidine rings is 1. The highest BCUT2D eigenvalue weighted by Crippen LogP contribution is 2.18. The van der Waals surface area contributed by atoms with Gasteiger partial charge in [-0.15, -0.1) is 0 Å². The molecule has 16 heteroatoms. The number of carbonyl (C=O) groups excluding carboxylic acids is 1. The number of halogens is 6. The van der Waals surface area contributed by atoms with Crippen LogP contribution in [0.5, 0.6) is 5.75 Å². The van der Waals surface area contributed by atoms with Crippen LogP contribution < -0.4 is 21.1 Å². The van der Waals surface area contributed by atoms with E-state index in [4.69, 9.17) is 35.7 Å². The molecule has 1 aliphatic heterocycles. The molecule has 0 spiro atoms. The van der Waals surface area contributed by atoms with E-state index in [0.29, 0.717) is 30.0 Å². The quantitative estimate of drug-likeness (QED) is 0.114. The van der Waals surface area contributed by atoms with Gasteiger partial charge in [0.1, 0.15) is 18.2 Å². The standard InChI is InChI=1S/C22H28N4O2.2C2HF3O2/c23-21(24)19-2-1-3-20(15-19)28-13-12-26-22(27)18-6-4-16(5-7-18)14-17-8-10-25-11-9-17;2*3-2(4,5)1(6)7/h1-7,15,17,25H,8-14H2,(H3,23,24)(H,26,27);2*(H,6,7). The molecule has 2 aromatic rings. The molecule has 1 amide bonds. The summed E-state index contributed by atoms with van der Waals surface area (Å²) in [7, 11) is 0. The third-order valence-corrected chi connectivity index (χ3v) is 5.49. The Kier molecular flexibility index (Phi) is 14.3. The maximum absolute atomic E-state index is 12.3. The number of hydrogen-bond donors (Lipinski definition) is 6. The third-order valence-electron chi connectivity index (χ3n) is 5.49. The number of amides is 1. The van der Waals surface area contributed by atoms with E-state index in [1.807, 2.05) is 12.1 Å². The van der Waals surface area contributed by atoms with Gasteiger partial charge in [-0.1, -0.05) is 24.3 Å². The molecule has 1 fully saturated rings. The van der Waals surface area contributed by atoms with Gasteiger partial charge < -0.3 is 31.3 Å². The van der Waals surface area contributed by atoms with Crippen molar-refractivity contribution in [1.29, 1.82) is 5.41 Å². The maximum Gasteiger partial charge on any atom is 0.490 e. The minimum absolute atomic E-state index is 0.00218. The summed E-state index contributed by atoms with van der Waals surface area (Å²) in [6.45, 7) is 2.96. The van der Waals surface area contributed by atoms with Crippen LogP contribution in [0.3, 0.4) is 0 Å². The number of nitrogens with one attached hydrogen (secondary N) is 3. The summed E-state index contributed by atoms with van der Waals surface area (Å²) >= 11 is 0. The first-order valence-electron chi connectivity index (χ1n) is 12.3. The molecule has 0 unspecified atom stereocenters. The summed E-state index contributed by atoms with van der Waals surface area (Å²) in [5.74, 6) is -4.25. The molecule has 1 saturated heterocycles. The highest BCUT2D eigenvalue weighted by atomic mass is 19.4. The molecule has 0 atom stereocenters. The van der Waals surface area contributed by atoms with Crippen LogP contribution in [0.2, 0.25) is 0 Å². The van der Waals surface area contributed by atoms with Crippen LogP contribution in [0.1, 0.15) is 34.3 Å². The Morgan fingerprint density at radius 2 is 1.45 bits per heavy atom. The van der Waals surface area contributed by atoms with Gasteiger partial charge in [-0.2, -0.15) is 26.3 Å². The van der Waals surface area contributed by atoms with Gasteiger partial charge in [-0.3, -0.25) is 10.2 Å². The molecule has 0 bridgehead atoms. The summed E-state index contributed by atoms with van der Waals surface area (Å²) < 4.78 is 69.1. The Balaban J connectivity index is 0.000000522. The van der Waals surface area contributed by atoms with E-state index in [-0.39, 0.29) is 11.7 Å². The summed E-state index contributed by atoms with van der Waals surface area (Å²) in [5.41, 5.74) is 8.04. The second-order valence-corrected chi connectivity index (χ2v) is 8.75. The fourth-order valence-electron chi connectivity index (χ4n) is 3.40. The lowest BCUT2D eigenvalue weighted by atomic mass is 9.91. The normalized spacial score (nSPS) is 13.4. The van der Waals surface area contributed by atoms with Gasteiger partial charge in [-0.05, 0) is 68.1 Å². The van der Waals surface area contributed by atoms with E-state index in [0.717, 1.165) is 25.4 Å². The second-order valence-electron chi connectivity index (χ2n) is 8.75. The Labute approximate surface area is 236 Å². The first-order valence-corrected chi connectivity index (χ1v) is 12.3. The van der Waals surface area contributed by atoms with Crippen molar-refractivity contribution < 1.29 is 55.7 Å². The molecule has 2 aromatic carbocycles. The molecule has 1 heterocycles. The minimum Gasteiger partial charge on any atom is -0.492 e. The number of ether oxygens (including phenoxy) is 1. The molecule has 0 radical (unpaired) electrons. The van der Waals surface area contributed by atoms with Gasteiger partial charge in [0.05, 0.1) is 6.54 Å². The highest BCUT2D eigenvalue weighted by molar-refractivity contribution is 5.95. The van der Waals surface area contributed by atoms with Gasteiger partial charge in [0, 0.05) is 11.1 Å².